The Morgan fingerprint density at radius 1 is 1.19 bits per heavy atom. The van der Waals surface area contributed by atoms with Crippen molar-refractivity contribution in [3.63, 3.8) is 0 Å². The maximum Gasteiger partial charge on any atom is 0.238 e. The first-order valence-corrected chi connectivity index (χ1v) is 10.8. The molecule has 1 amide bonds. The molecule has 0 spiro atoms. The summed E-state index contributed by atoms with van der Waals surface area (Å²) in [7, 11) is 1.67. The second kappa shape index (κ2) is 9.94. The predicted octanol–water partition coefficient (Wildman–Crippen LogP) is 4.49. The number of benzene rings is 2. The van der Waals surface area contributed by atoms with E-state index in [2.05, 4.69) is 32.4 Å². The zero-order valence-corrected chi connectivity index (χ0v) is 18.3. The Kier molecular flexibility index (Phi) is 6.84. The van der Waals surface area contributed by atoms with E-state index in [0.29, 0.717) is 17.3 Å². The van der Waals surface area contributed by atoms with Crippen molar-refractivity contribution < 1.29 is 9.53 Å². The van der Waals surface area contributed by atoms with Crippen molar-refractivity contribution in [1.82, 2.24) is 19.7 Å². The number of ether oxygens (including phenoxy) is 1. The van der Waals surface area contributed by atoms with Crippen LogP contribution in [0, 0.1) is 0 Å². The third kappa shape index (κ3) is 5.24. The van der Waals surface area contributed by atoms with Gasteiger partial charge in [0.25, 0.3) is 0 Å². The number of halogens is 1. The van der Waals surface area contributed by atoms with Gasteiger partial charge in [0.2, 0.25) is 5.91 Å². The van der Waals surface area contributed by atoms with Gasteiger partial charge < -0.3 is 10.1 Å². The van der Waals surface area contributed by atoms with Crippen molar-refractivity contribution in [2.24, 2.45) is 0 Å². The van der Waals surface area contributed by atoms with Gasteiger partial charge in [-0.2, -0.15) is 5.10 Å². The first-order valence-electron chi connectivity index (χ1n) is 10.5. The molecule has 0 saturated carbocycles. The Morgan fingerprint density at radius 3 is 2.77 bits per heavy atom. The lowest BCUT2D eigenvalue weighted by molar-refractivity contribution is -0.117. The molecule has 0 bridgehead atoms. The molecule has 2 heterocycles. The van der Waals surface area contributed by atoms with Crippen LogP contribution >= 0.6 is 11.6 Å². The molecular formula is C23H26ClN5O2. The second-order valence-corrected chi connectivity index (χ2v) is 8.09. The third-order valence-corrected chi connectivity index (χ3v) is 5.84. The molecule has 1 unspecified atom stereocenters. The molecule has 1 atom stereocenters. The summed E-state index contributed by atoms with van der Waals surface area (Å²) in [5.74, 6) is 0.757. The van der Waals surface area contributed by atoms with Crippen LogP contribution in [0.5, 0.6) is 5.75 Å². The lowest BCUT2D eigenvalue weighted by Gasteiger charge is -2.30. The number of aromatic nitrogens is 3. The van der Waals surface area contributed by atoms with Gasteiger partial charge in [-0.3, -0.25) is 9.69 Å². The third-order valence-electron chi connectivity index (χ3n) is 5.61. The largest absolute Gasteiger partial charge is 0.497 e. The predicted molar refractivity (Wildman–Crippen MR) is 121 cm³/mol. The first-order chi connectivity index (χ1) is 15.1. The van der Waals surface area contributed by atoms with Crippen LogP contribution in [0.15, 0.2) is 55.1 Å². The highest BCUT2D eigenvalue weighted by Crippen LogP contribution is 2.31. The SMILES string of the molecule is COc1ccc(C2CCCCCN2CC(=O)Nc2cc(Cl)ccc2-n2cncn2)cc1. The standard InChI is InChI=1S/C23H26ClN5O2/c1-31-19-9-6-17(7-10-19)21-5-3-2-4-12-28(21)14-23(30)27-20-13-18(24)8-11-22(20)29-16-25-15-26-29/h6-11,13,15-16,21H,2-5,12,14H2,1H3,(H,27,30). The second-order valence-electron chi connectivity index (χ2n) is 7.66. The minimum atomic E-state index is -0.0796. The van der Waals surface area contributed by atoms with E-state index in [4.69, 9.17) is 16.3 Å². The molecule has 0 radical (unpaired) electrons. The average molecular weight is 440 g/mol. The summed E-state index contributed by atoms with van der Waals surface area (Å²) in [6.45, 7) is 1.19. The zero-order valence-electron chi connectivity index (χ0n) is 17.5. The van der Waals surface area contributed by atoms with Gasteiger partial charge in [0, 0.05) is 11.1 Å². The molecule has 1 aliphatic heterocycles. The fourth-order valence-electron chi connectivity index (χ4n) is 4.08. The molecule has 162 valence electrons. The maximum absolute atomic E-state index is 13.0. The van der Waals surface area contributed by atoms with E-state index >= 15 is 0 Å². The molecule has 31 heavy (non-hydrogen) atoms. The number of nitrogens with zero attached hydrogens (tertiary/aromatic N) is 4. The molecular weight excluding hydrogens is 414 g/mol. The fraction of sp³-hybridized carbons (Fsp3) is 0.348. The molecule has 1 N–H and O–H groups in total. The summed E-state index contributed by atoms with van der Waals surface area (Å²) >= 11 is 6.19. The number of amides is 1. The molecule has 2 aromatic carbocycles. The highest BCUT2D eigenvalue weighted by atomic mass is 35.5. The Hall–Kier alpha value is -2.90. The fourth-order valence-corrected chi connectivity index (χ4v) is 4.25. The lowest BCUT2D eigenvalue weighted by Crippen LogP contribution is -2.36. The monoisotopic (exact) mass is 439 g/mol. The van der Waals surface area contributed by atoms with E-state index in [-0.39, 0.29) is 11.9 Å². The van der Waals surface area contributed by atoms with Crippen molar-refractivity contribution in [2.75, 3.05) is 25.5 Å². The van der Waals surface area contributed by atoms with Crippen molar-refractivity contribution in [3.05, 3.63) is 65.7 Å². The van der Waals surface area contributed by atoms with Gasteiger partial charge in [-0.15, -0.1) is 0 Å². The Labute approximate surface area is 187 Å². The minimum Gasteiger partial charge on any atom is -0.497 e. The van der Waals surface area contributed by atoms with Crippen molar-refractivity contribution in [2.45, 2.75) is 31.7 Å². The van der Waals surface area contributed by atoms with Crippen molar-refractivity contribution >= 4 is 23.2 Å². The van der Waals surface area contributed by atoms with Crippen LogP contribution in [0.4, 0.5) is 5.69 Å². The van der Waals surface area contributed by atoms with Crippen LogP contribution in [0.25, 0.3) is 5.69 Å². The molecule has 1 fully saturated rings. The molecule has 7 nitrogen and oxygen atoms in total. The van der Waals surface area contributed by atoms with Gasteiger partial charge in [-0.1, -0.05) is 36.6 Å². The highest BCUT2D eigenvalue weighted by molar-refractivity contribution is 6.31. The quantitative estimate of drug-likeness (QED) is 0.612. The number of methoxy groups -OCH3 is 1. The van der Waals surface area contributed by atoms with Crippen molar-refractivity contribution in [1.29, 1.82) is 0 Å². The maximum atomic E-state index is 13.0. The molecule has 1 aromatic heterocycles. The van der Waals surface area contributed by atoms with Crippen LogP contribution in [-0.2, 0) is 4.79 Å². The summed E-state index contributed by atoms with van der Waals surface area (Å²) in [5, 5.41) is 7.74. The zero-order chi connectivity index (χ0) is 21.6. The summed E-state index contributed by atoms with van der Waals surface area (Å²) in [5.41, 5.74) is 2.54. The van der Waals surface area contributed by atoms with E-state index in [1.807, 2.05) is 18.2 Å². The molecule has 0 aliphatic carbocycles. The van der Waals surface area contributed by atoms with E-state index in [0.717, 1.165) is 37.2 Å². The highest BCUT2D eigenvalue weighted by Gasteiger charge is 2.25. The number of likely N-dealkylation sites (tertiary alicyclic amines) is 1. The molecule has 4 rings (SSSR count). The van der Waals surface area contributed by atoms with Gasteiger partial charge in [-0.05, 0) is 55.3 Å². The van der Waals surface area contributed by atoms with E-state index in [1.54, 1.807) is 30.3 Å². The van der Waals surface area contributed by atoms with Crippen LogP contribution in [0.2, 0.25) is 5.02 Å². The van der Waals surface area contributed by atoms with Crippen LogP contribution in [0.1, 0.15) is 37.3 Å². The average Bonchev–Trinajstić information content (AvgIpc) is 3.21. The van der Waals surface area contributed by atoms with Crippen LogP contribution in [0.3, 0.4) is 0 Å². The van der Waals surface area contributed by atoms with Gasteiger partial charge in [0.05, 0.1) is 25.0 Å². The smallest absolute Gasteiger partial charge is 0.238 e. The topological polar surface area (TPSA) is 72.3 Å². The molecule has 1 aliphatic rings. The van der Waals surface area contributed by atoms with E-state index in [1.165, 1.54) is 18.3 Å². The van der Waals surface area contributed by atoms with E-state index in [9.17, 15) is 4.79 Å². The Morgan fingerprint density at radius 2 is 2.03 bits per heavy atom. The van der Waals surface area contributed by atoms with Crippen LogP contribution < -0.4 is 10.1 Å². The number of carbonyl (C=O) groups excluding carboxylic acids is 1. The minimum absolute atomic E-state index is 0.0796. The first kappa shape index (κ1) is 21.3. The molecule has 8 heteroatoms. The number of nitrogens with one attached hydrogen (secondary N) is 1. The van der Waals surface area contributed by atoms with Gasteiger partial charge in [0.1, 0.15) is 18.4 Å². The Balaban J connectivity index is 1.51. The Bertz CT molecular complexity index is 1010. The summed E-state index contributed by atoms with van der Waals surface area (Å²) < 4.78 is 6.90. The van der Waals surface area contributed by atoms with Gasteiger partial charge in [0.15, 0.2) is 0 Å². The number of hydrogen-bond donors (Lipinski definition) is 1. The van der Waals surface area contributed by atoms with Gasteiger partial charge in [-0.25, -0.2) is 9.67 Å². The summed E-state index contributed by atoms with van der Waals surface area (Å²) in [6, 6.07) is 13.7. The summed E-state index contributed by atoms with van der Waals surface area (Å²) in [4.78, 5) is 19.3. The summed E-state index contributed by atoms with van der Waals surface area (Å²) in [6.07, 6.45) is 7.49. The molecule has 3 aromatic rings. The van der Waals surface area contributed by atoms with Crippen molar-refractivity contribution in [3.8, 4) is 11.4 Å². The normalized spacial score (nSPS) is 17.2. The van der Waals surface area contributed by atoms with Crippen LogP contribution in [-0.4, -0.2) is 45.8 Å². The number of hydrogen-bond acceptors (Lipinski definition) is 5. The molecule has 1 saturated heterocycles. The van der Waals surface area contributed by atoms with Gasteiger partial charge >= 0.3 is 0 Å². The number of carbonyl (C=O) groups is 1. The number of rotatable bonds is 6. The lowest BCUT2D eigenvalue weighted by atomic mass is 10.0. The number of anilines is 1. The van der Waals surface area contributed by atoms with E-state index < -0.39 is 0 Å².